The Bertz CT molecular complexity index is 585. The van der Waals surface area contributed by atoms with Crippen LogP contribution in [-0.2, 0) is 9.53 Å². The average molecular weight is 322 g/mol. The maximum atomic E-state index is 13.0. The zero-order valence-electron chi connectivity index (χ0n) is 15.0. The van der Waals surface area contributed by atoms with Gasteiger partial charge in [-0.15, -0.1) is 0 Å². The number of aliphatic hydroxyl groups is 2. The van der Waals surface area contributed by atoms with Crippen LogP contribution in [0, 0.1) is 22.2 Å². The molecule has 0 aromatic heterocycles. The van der Waals surface area contributed by atoms with E-state index < -0.39 is 27.6 Å². The normalized spacial score (nSPS) is 51.7. The van der Waals surface area contributed by atoms with Gasteiger partial charge < -0.3 is 14.9 Å². The SMILES string of the molecule is CCC(C)(CC(C)(C)C)C(=O)OC12CC3CC4(O)CC(O)(C1)C342. The zero-order valence-corrected chi connectivity index (χ0v) is 15.0. The van der Waals surface area contributed by atoms with E-state index in [2.05, 4.69) is 20.8 Å². The molecule has 0 amide bonds. The summed E-state index contributed by atoms with van der Waals surface area (Å²) in [5.41, 5.74) is -3.14. The van der Waals surface area contributed by atoms with Gasteiger partial charge >= 0.3 is 5.97 Å². The van der Waals surface area contributed by atoms with E-state index in [1.165, 1.54) is 0 Å². The van der Waals surface area contributed by atoms with Gasteiger partial charge in [0.1, 0.15) is 5.60 Å². The monoisotopic (exact) mass is 322 g/mol. The van der Waals surface area contributed by atoms with Crippen molar-refractivity contribution in [3.05, 3.63) is 0 Å². The molecule has 0 bridgehead atoms. The Morgan fingerprint density at radius 3 is 2.22 bits per heavy atom. The summed E-state index contributed by atoms with van der Waals surface area (Å²) < 4.78 is 6.07. The van der Waals surface area contributed by atoms with E-state index in [1.807, 2.05) is 13.8 Å². The summed E-state index contributed by atoms with van der Waals surface area (Å²) in [6.45, 7) is 10.5. The highest BCUT2D eigenvalue weighted by Crippen LogP contribution is 2.92. The molecule has 4 aliphatic carbocycles. The minimum Gasteiger partial charge on any atom is -0.458 e. The molecular formula is C19H30O4. The molecule has 4 heteroatoms. The number of hydrogen-bond donors (Lipinski definition) is 2. The molecule has 130 valence electrons. The van der Waals surface area contributed by atoms with Crippen LogP contribution < -0.4 is 0 Å². The fourth-order valence-corrected chi connectivity index (χ4v) is 7.14. The fraction of sp³-hybridized carbons (Fsp3) is 0.947. The third kappa shape index (κ3) is 1.45. The highest BCUT2D eigenvalue weighted by atomic mass is 16.6. The highest BCUT2D eigenvalue weighted by Gasteiger charge is 3.01. The van der Waals surface area contributed by atoms with Crippen LogP contribution in [0.15, 0.2) is 0 Å². The Morgan fingerprint density at radius 2 is 1.78 bits per heavy atom. The third-order valence-electron chi connectivity index (χ3n) is 7.60. The van der Waals surface area contributed by atoms with Crippen molar-refractivity contribution in [1.82, 2.24) is 0 Å². The van der Waals surface area contributed by atoms with Crippen molar-refractivity contribution in [2.75, 3.05) is 0 Å². The minimum atomic E-state index is -0.782. The van der Waals surface area contributed by atoms with Crippen molar-refractivity contribution in [2.45, 2.75) is 89.9 Å². The van der Waals surface area contributed by atoms with Crippen LogP contribution in [0.3, 0.4) is 0 Å². The van der Waals surface area contributed by atoms with Crippen LogP contribution in [-0.4, -0.2) is 33.0 Å². The van der Waals surface area contributed by atoms with Crippen LogP contribution in [0.5, 0.6) is 0 Å². The molecule has 4 fully saturated rings. The predicted molar refractivity (Wildman–Crippen MR) is 85.6 cm³/mol. The first-order valence-corrected chi connectivity index (χ1v) is 9.05. The Labute approximate surface area is 138 Å². The van der Waals surface area contributed by atoms with Gasteiger partial charge in [0.15, 0.2) is 0 Å². The quantitative estimate of drug-likeness (QED) is 0.781. The van der Waals surface area contributed by atoms with Crippen LogP contribution in [0.2, 0.25) is 0 Å². The zero-order chi connectivity index (χ0) is 17.1. The van der Waals surface area contributed by atoms with Crippen molar-refractivity contribution in [3.8, 4) is 0 Å². The molecule has 4 aliphatic rings. The minimum absolute atomic E-state index is 0.0515. The number of hydrogen-bond acceptors (Lipinski definition) is 4. The fourth-order valence-electron chi connectivity index (χ4n) is 7.14. The predicted octanol–water partition coefficient (Wildman–Crippen LogP) is 2.80. The Kier molecular flexibility index (Phi) is 2.62. The third-order valence-corrected chi connectivity index (χ3v) is 7.60. The van der Waals surface area contributed by atoms with Gasteiger partial charge in [0.2, 0.25) is 0 Å². The van der Waals surface area contributed by atoms with Crippen LogP contribution in [0.4, 0.5) is 0 Å². The molecule has 0 radical (unpaired) electrons. The lowest BCUT2D eigenvalue weighted by Crippen LogP contribution is -3.03. The molecule has 23 heavy (non-hydrogen) atoms. The Balaban J connectivity index is 1.55. The van der Waals surface area contributed by atoms with E-state index in [-0.39, 0.29) is 11.4 Å². The number of ether oxygens (including phenoxy) is 1. The second-order valence-corrected chi connectivity index (χ2v) is 10.4. The molecule has 1 spiro atoms. The first-order chi connectivity index (χ1) is 10.4. The molecule has 4 rings (SSSR count). The largest absolute Gasteiger partial charge is 0.458 e. The maximum absolute atomic E-state index is 13.0. The first kappa shape index (κ1) is 15.9. The summed E-state index contributed by atoms with van der Waals surface area (Å²) in [4.78, 5) is 13.0. The number of carbonyl (C=O) groups is 1. The van der Waals surface area contributed by atoms with Crippen molar-refractivity contribution in [2.24, 2.45) is 22.2 Å². The summed E-state index contributed by atoms with van der Waals surface area (Å²) in [6, 6.07) is 0. The van der Waals surface area contributed by atoms with Crippen LogP contribution >= 0.6 is 0 Å². The summed E-state index contributed by atoms with van der Waals surface area (Å²) in [7, 11) is 0. The number of rotatable bonds is 4. The topological polar surface area (TPSA) is 66.8 Å². The van der Waals surface area contributed by atoms with Crippen LogP contribution in [0.1, 0.15) is 73.1 Å². The maximum Gasteiger partial charge on any atom is 0.312 e. The first-order valence-electron chi connectivity index (χ1n) is 9.05. The molecule has 0 heterocycles. The van der Waals surface area contributed by atoms with Gasteiger partial charge in [-0.1, -0.05) is 27.7 Å². The Hall–Kier alpha value is -0.610. The van der Waals surface area contributed by atoms with Gasteiger partial charge in [0.25, 0.3) is 0 Å². The van der Waals surface area contributed by atoms with Crippen molar-refractivity contribution >= 4 is 5.97 Å². The van der Waals surface area contributed by atoms with E-state index >= 15 is 0 Å². The number of carbonyl (C=O) groups excluding carboxylic acids is 1. The second kappa shape index (κ2) is 3.80. The second-order valence-electron chi connectivity index (χ2n) is 10.4. The van der Waals surface area contributed by atoms with E-state index in [4.69, 9.17) is 4.74 Å². The standard InChI is InChI=1S/C19H30O4/c1-6-15(5,9-14(2,3)4)13(20)23-18-8-12-7-16(21)10-17(22,11-18)19(12,16)18/h12,21-22H,6-11H2,1-5H3. The molecular weight excluding hydrogens is 292 g/mol. The molecule has 2 N–H and O–H groups in total. The molecule has 4 nitrogen and oxygen atoms in total. The van der Waals surface area contributed by atoms with E-state index in [0.717, 1.165) is 25.7 Å². The summed E-state index contributed by atoms with van der Waals surface area (Å²) in [5.74, 6) is 0.189. The van der Waals surface area contributed by atoms with Gasteiger partial charge in [-0.2, -0.15) is 0 Å². The molecule has 4 saturated carbocycles. The van der Waals surface area contributed by atoms with Gasteiger partial charge in [-0.3, -0.25) is 4.79 Å². The van der Waals surface area contributed by atoms with E-state index in [0.29, 0.717) is 18.8 Å². The van der Waals surface area contributed by atoms with Crippen molar-refractivity contribution < 1.29 is 19.7 Å². The van der Waals surface area contributed by atoms with Crippen molar-refractivity contribution in [3.63, 3.8) is 0 Å². The summed E-state index contributed by atoms with van der Waals surface area (Å²) in [5, 5.41) is 21.4. The average Bonchev–Trinajstić information content (AvgIpc) is 2.31. The molecule has 0 aromatic rings. The van der Waals surface area contributed by atoms with Gasteiger partial charge in [-0.05, 0) is 43.9 Å². The lowest BCUT2D eigenvalue weighted by Gasteiger charge is -2.94. The smallest absolute Gasteiger partial charge is 0.312 e. The lowest BCUT2D eigenvalue weighted by molar-refractivity contribution is -0.549. The van der Waals surface area contributed by atoms with Gasteiger partial charge in [0, 0.05) is 12.8 Å². The lowest BCUT2D eigenvalue weighted by atomic mass is 9.13. The van der Waals surface area contributed by atoms with E-state index in [9.17, 15) is 15.0 Å². The molecule has 0 aromatic carbocycles. The van der Waals surface area contributed by atoms with Crippen LogP contribution in [0.25, 0.3) is 0 Å². The molecule has 6 atom stereocenters. The van der Waals surface area contributed by atoms with Gasteiger partial charge in [-0.25, -0.2) is 0 Å². The number of esters is 1. The van der Waals surface area contributed by atoms with Gasteiger partial charge in [0.05, 0.1) is 22.0 Å². The van der Waals surface area contributed by atoms with E-state index in [1.54, 1.807) is 0 Å². The molecule has 0 aliphatic heterocycles. The molecule has 6 unspecified atom stereocenters. The Morgan fingerprint density at radius 1 is 1.13 bits per heavy atom. The van der Waals surface area contributed by atoms with Crippen molar-refractivity contribution in [1.29, 1.82) is 0 Å². The summed E-state index contributed by atoms with van der Waals surface area (Å²) in [6.07, 6.45) is 4.07. The highest BCUT2D eigenvalue weighted by molar-refractivity contribution is 5.78. The summed E-state index contributed by atoms with van der Waals surface area (Å²) >= 11 is 0. The molecule has 0 saturated heterocycles.